The molecule has 0 unspecified atom stereocenters. The van der Waals surface area contributed by atoms with Gasteiger partial charge >= 0.3 is 0 Å². The molecule has 0 aliphatic heterocycles. The SMILES string of the molecule is CCCN(CCCl)C(=O)c1cc(O)ccc1O. The summed E-state index contributed by atoms with van der Waals surface area (Å²) in [5, 5.41) is 18.9. The lowest BCUT2D eigenvalue weighted by molar-refractivity contribution is 0.0762. The van der Waals surface area contributed by atoms with Crippen molar-refractivity contribution in [1.29, 1.82) is 0 Å². The molecule has 94 valence electrons. The highest BCUT2D eigenvalue weighted by Gasteiger charge is 2.18. The number of hydrogen-bond acceptors (Lipinski definition) is 3. The lowest BCUT2D eigenvalue weighted by Crippen LogP contribution is -2.33. The van der Waals surface area contributed by atoms with Crippen LogP contribution in [0.1, 0.15) is 23.7 Å². The number of phenols is 2. The van der Waals surface area contributed by atoms with Crippen molar-refractivity contribution in [3.63, 3.8) is 0 Å². The fourth-order valence-corrected chi connectivity index (χ4v) is 1.76. The predicted molar refractivity (Wildman–Crippen MR) is 66.7 cm³/mol. The largest absolute Gasteiger partial charge is 0.508 e. The summed E-state index contributed by atoms with van der Waals surface area (Å²) in [5.74, 6) is -0.163. The first kappa shape index (κ1) is 13.6. The second kappa shape index (κ2) is 6.35. The summed E-state index contributed by atoms with van der Waals surface area (Å²) in [4.78, 5) is 13.7. The van der Waals surface area contributed by atoms with Crippen LogP contribution in [0.3, 0.4) is 0 Å². The summed E-state index contributed by atoms with van der Waals surface area (Å²) in [6.45, 7) is 2.95. The standard InChI is InChI=1S/C12H16ClNO3/c1-2-6-14(7-5-13)12(17)10-8-9(15)3-4-11(10)16/h3-4,8,15-16H,2,5-7H2,1H3. The van der Waals surface area contributed by atoms with Gasteiger partial charge in [0, 0.05) is 19.0 Å². The summed E-state index contributed by atoms with van der Waals surface area (Å²) < 4.78 is 0. The number of rotatable bonds is 5. The van der Waals surface area contributed by atoms with Crippen molar-refractivity contribution >= 4 is 17.5 Å². The Labute approximate surface area is 105 Å². The van der Waals surface area contributed by atoms with E-state index in [1.807, 2.05) is 6.92 Å². The number of amides is 1. The topological polar surface area (TPSA) is 60.8 Å². The molecule has 0 saturated carbocycles. The van der Waals surface area contributed by atoms with Crippen molar-refractivity contribution in [3.05, 3.63) is 23.8 Å². The monoisotopic (exact) mass is 257 g/mol. The van der Waals surface area contributed by atoms with Gasteiger partial charge in [-0.05, 0) is 24.6 Å². The number of phenolic OH excluding ortho intramolecular Hbond substituents is 2. The molecule has 0 saturated heterocycles. The van der Waals surface area contributed by atoms with Crippen LogP contribution in [0.4, 0.5) is 0 Å². The van der Waals surface area contributed by atoms with Gasteiger partial charge in [0.25, 0.3) is 5.91 Å². The van der Waals surface area contributed by atoms with E-state index >= 15 is 0 Å². The fraction of sp³-hybridized carbons (Fsp3) is 0.417. The summed E-state index contributed by atoms with van der Waals surface area (Å²) in [6.07, 6.45) is 0.808. The van der Waals surface area contributed by atoms with Gasteiger partial charge in [-0.2, -0.15) is 0 Å². The first-order chi connectivity index (χ1) is 8.10. The van der Waals surface area contributed by atoms with E-state index in [9.17, 15) is 15.0 Å². The van der Waals surface area contributed by atoms with Crippen molar-refractivity contribution < 1.29 is 15.0 Å². The zero-order chi connectivity index (χ0) is 12.8. The van der Waals surface area contributed by atoms with Gasteiger partial charge in [-0.15, -0.1) is 11.6 Å². The van der Waals surface area contributed by atoms with Crippen LogP contribution in [0.5, 0.6) is 11.5 Å². The maximum Gasteiger partial charge on any atom is 0.257 e. The van der Waals surface area contributed by atoms with Crippen molar-refractivity contribution in [1.82, 2.24) is 4.90 Å². The van der Waals surface area contributed by atoms with E-state index in [0.29, 0.717) is 19.0 Å². The van der Waals surface area contributed by atoms with Crippen molar-refractivity contribution in [3.8, 4) is 11.5 Å². The molecule has 17 heavy (non-hydrogen) atoms. The van der Waals surface area contributed by atoms with Crippen molar-refractivity contribution in [2.24, 2.45) is 0 Å². The molecule has 1 rings (SSSR count). The maximum atomic E-state index is 12.1. The van der Waals surface area contributed by atoms with Crippen molar-refractivity contribution in [2.45, 2.75) is 13.3 Å². The van der Waals surface area contributed by atoms with Crippen LogP contribution >= 0.6 is 11.6 Å². The lowest BCUT2D eigenvalue weighted by Gasteiger charge is -2.21. The average Bonchev–Trinajstić information content (AvgIpc) is 2.31. The molecular weight excluding hydrogens is 242 g/mol. The molecule has 0 spiro atoms. The predicted octanol–water partition coefficient (Wildman–Crippen LogP) is 2.19. The molecule has 2 N–H and O–H groups in total. The van der Waals surface area contributed by atoms with E-state index in [0.717, 1.165) is 6.42 Å². The molecule has 1 aromatic rings. The molecule has 0 radical (unpaired) electrons. The minimum Gasteiger partial charge on any atom is -0.508 e. The van der Waals surface area contributed by atoms with Crippen LogP contribution < -0.4 is 0 Å². The van der Waals surface area contributed by atoms with E-state index in [1.54, 1.807) is 4.90 Å². The Morgan fingerprint density at radius 3 is 2.65 bits per heavy atom. The molecule has 0 heterocycles. The highest BCUT2D eigenvalue weighted by atomic mass is 35.5. The van der Waals surface area contributed by atoms with Gasteiger partial charge in [0.05, 0.1) is 5.56 Å². The Kier molecular flexibility index (Phi) is 5.10. The fourth-order valence-electron chi connectivity index (χ4n) is 1.55. The molecule has 4 nitrogen and oxygen atoms in total. The van der Waals surface area contributed by atoms with Crippen LogP contribution in [0.25, 0.3) is 0 Å². The number of hydrogen-bond donors (Lipinski definition) is 2. The summed E-state index contributed by atoms with van der Waals surface area (Å²) in [7, 11) is 0. The van der Waals surface area contributed by atoms with E-state index in [1.165, 1.54) is 18.2 Å². The number of nitrogens with zero attached hydrogens (tertiary/aromatic N) is 1. The quantitative estimate of drug-likeness (QED) is 0.628. The van der Waals surface area contributed by atoms with Crippen molar-refractivity contribution in [2.75, 3.05) is 19.0 Å². The Bertz CT molecular complexity index is 389. The van der Waals surface area contributed by atoms with Gasteiger partial charge < -0.3 is 15.1 Å². The molecule has 0 fully saturated rings. The smallest absolute Gasteiger partial charge is 0.257 e. The first-order valence-electron chi connectivity index (χ1n) is 5.47. The highest BCUT2D eigenvalue weighted by molar-refractivity contribution is 6.18. The van der Waals surface area contributed by atoms with Gasteiger partial charge in [-0.1, -0.05) is 6.92 Å². The average molecular weight is 258 g/mol. The van der Waals surface area contributed by atoms with E-state index in [4.69, 9.17) is 11.6 Å². The molecule has 0 aliphatic rings. The third-order valence-corrected chi connectivity index (χ3v) is 2.51. The minimum absolute atomic E-state index is 0.0477. The minimum atomic E-state index is -0.319. The van der Waals surface area contributed by atoms with E-state index in [-0.39, 0.29) is 23.0 Å². The third-order valence-electron chi connectivity index (χ3n) is 2.35. The summed E-state index contributed by atoms with van der Waals surface area (Å²) in [5.41, 5.74) is 0.101. The molecule has 0 bridgehead atoms. The molecule has 0 atom stereocenters. The van der Waals surface area contributed by atoms with Gasteiger partial charge in [-0.25, -0.2) is 0 Å². The Morgan fingerprint density at radius 1 is 1.35 bits per heavy atom. The van der Waals surface area contributed by atoms with Gasteiger partial charge in [-0.3, -0.25) is 4.79 Å². The van der Waals surface area contributed by atoms with Crippen LogP contribution in [0.15, 0.2) is 18.2 Å². The number of carbonyl (C=O) groups excluding carboxylic acids is 1. The molecule has 0 aromatic heterocycles. The number of benzene rings is 1. The Morgan fingerprint density at radius 2 is 2.06 bits per heavy atom. The number of alkyl halides is 1. The molecule has 5 heteroatoms. The van der Waals surface area contributed by atoms with Gasteiger partial charge in [0.1, 0.15) is 11.5 Å². The number of carbonyl (C=O) groups is 1. The van der Waals surface area contributed by atoms with Crippen LogP contribution in [-0.2, 0) is 0 Å². The summed E-state index contributed by atoms with van der Waals surface area (Å²) >= 11 is 5.63. The molecule has 1 aromatic carbocycles. The number of halogens is 1. The normalized spacial score (nSPS) is 10.2. The van der Waals surface area contributed by atoms with Crippen LogP contribution in [-0.4, -0.2) is 40.0 Å². The van der Waals surface area contributed by atoms with Gasteiger partial charge in [0.2, 0.25) is 0 Å². The molecule has 1 amide bonds. The van der Waals surface area contributed by atoms with Gasteiger partial charge in [0.15, 0.2) is 0 Å². The third kappa shape index (κ3) is 3.53. The van der Waals surface area contributed by atoms with Crippen LogP contribution in [0.2, 0.25) is 0 Å². The zero-order valence-corrected chi connectivity index (χ0v) is 10.4. The molecule has 0 aliphatic carbocycles. The zero-order valence-electron chi connectivity index (χ0n) is 9.69. The lowest BCUT2D eigenvalue weighted by atomic mass is 10.1. The summed E-state index contributed by atoms with van der Waals surface area (Å²) in [6, 6.07) is 3.89. The van der Waals surface area contributed by atoms with Crippen LogP contribution in [0, 0.1) is 0 Å². The first-order valence-corrected chi connectivity index (χ1v) is 6.00. The highest BCUT2D eigenvalue weighted by Crippen LogP contribution is 2.23. The number of aromatic hydroxyl groups is 2. The maximum absolute atomic E-state index is 12.1. The second-order valence-electron chi connectivity index (χ2n) is 3.68. The second-order valence-corrected chi connectivity index (χ2v) is 4.06. The van der Waals surface area contributed by atoms with E-state index < -0.39 is 0 Å². The Hall–Kier alpha value is -1.42. The Balaban J connectivity index is 2.95. The van der Waals surface area contributed by atoms with E-state index in [2.05, 4.69) is 0 Å². The molecular formula is C12H16ClNO3.